The lowest BCUT2D eigenvalue weighted by molar-refractivity contribution is -0.121. The van der Waals surface area contributed by atoms with Gasteiger partial charge in [-0.25, -0.2) is 4.79 Å². The molecule has 6 nitrogen and oxygen atoms in total. The number of Topliss-reactive ketones (excluding diaryl/α,β-unsaturated/α-hetero) is 1. The molecule has 2 aromatic rings. The van der Waals surface area contributed by atoms with Crippen LogP contribution in [0.25, 0.3) is 11.1 Å². The molecule has 0 aliphatic heterocycles. The Labute approximate surface area is 183 Å². The van der Waals surface area contributed by atoms with E-state index < -0.39 is 6.09 Å². The smallest absolute Gasteiger partial charge is 0.406 e. The SMILES string of the molecule is CCCNC(=O)CCc1ccc2c(c1)C(COC(=O)NC)c1cccc(C(=O)CC)c1-2. The van der Waals surface area contributed by atoms with Crippen LogP contribution in [0.4, 0.5) is 4.79 Å². The van der Waals surface area contributed by atoms with Gasteiger partial charge in [-0.2, -0.15) is 0 Å². The summed E-state index contributed by atoms with van der Waals surface area (Å²) in [5.74, 6) is -0.0194. The van der Waals surface area contributed by atoms with Crippen molar-refractivity contribution in [3.8, 4) is 11.1 Å². The van der Waals surface area contributed by atoms with Gasteiger partial charge in [0, 0.05) is 37.9 Å². The molecule has 1 aliphatic rings. The Morgan fingerprint density at radius 2 is 1.87 bits per heavy atom. The number of benzene rings is 2. The first-order valence-corrected chi connectivity index (χ1v) is 10.9. The number of rotatable bonds is 9. The highest BCUT2D eigenvalue weighted by molar-refractivity contribution is 6.04. The summed E-state index contributed by atoms with van der Waals surface area (Å²) in [6.45, 7) is 4.75. The molecule has 2 amide bonds. The maximum atomic E-state index is 12.6. The van der Waals surface area contributed by atoms with Crippen molar-refractivity contribution in [2.24, 2.45) is 0 Å². The van der Waals surface area contributed by atoms with Crippen LogP contribution < -0.4 is 10.6 Å². The average molecular weight is 423 g/mol. The Morgan fingerprint density at radius 1 is 1.06 bits per heavy atom. The highest BCUT2D eigenvalue weighted by Crippen LogP contribution is 2.47. The van der Waals surface area contributed by atoms with Crippen LogP contribution in [0.1, 0.15) is 66.1 Å². The molecule has 2 N–H and O–H groups in total. The number of aryl methyl sites for hydroxylation is 1. The Balaban J connectivity index is 1.94. The zero-order chi connectivity index (χ0) is 22.4. The fraction of sp³-hybridized carbons (Fsp3) is 0.400. The second-order valence-electron chi connectivity index (χ2n) is 7.72. The number of amides is 2. The number of hydrogen-bond acceptors (Lipinski definition) is 4. The molecule has 1 atom stereocenters. The number of hydrogen-bond donors (Lipinski definition) is 2. The van der Waals surface area contributed by atoms with Crippen molar-refractivity contribution in [3.63, 3.8) is 0 Å². The Kier molecular flexibility index (Phi) is 7.45. The van der Waals surface area contributed by atoms with Crippen molar-refractivity contribution in [3.05, 3.63) is 58.7 Å². The second-order valence-corrected chi connectivity index (χ2v) is 7.72. The molecule has 0 radical (unpaired) electrons. The van der Waals surface area contributed by atoms with E-state index in [1.807, 2.05) is 44.2 Å². The monoisotopic (exact) mass is 422 g/mol. The minimum atomic E-state index is -0.487. The van der Waals surface area contributed by atoms with Crippen LogP contribution in [0.5, 0.6) is 0 Å². The minimum absolute atomic E-state index is 0.0426. The van der Waals surface area contributed by atoms with E-state index >= 15 is 0 Å². The summed E-state index contributed by atoms with van der Waals surface area (Å²) >= 11 is 0. The van der Waals surface area contributed by atoms with Gasteiger partial charge in [0.15, 0.2) is 5.78 Å². The predicted molar refractivity (Wildman–Crippen MR) is 120 cm³/mol. The molecule has 6 heteroatoms. The van der Waals surface area contributed by atoms with Crippen molar-refractivity contribution in [1.82, 2.24) is 10.6 Å². The zero-order valence-electron chi connectivity index (χ0n) is 18.4. The maximum absolute atomic E-state index is 12.6. The predicted octanol–water partition coefficient (Wildman–Crippen LogP) is 4.21. The van der Waals surface area contributed by atoms with Gasteiger partial charge in [-0.05, 0) is 40.7 Å². The van der Waals surface area contributed by atoms with Gasteiger partial charge in [0.05, 0.1) is 0 Å². The summed E-state index contributed by atoms with van der Waals surface area (Å²) < 4.78 is 5.40. The molecule has 0 fully saturated rings. The normalized spacial score (nSPS) is 13.8. The standard InChI is InChI=1S/C25H30N2O4/c1-4-13-27-23(29)12-10-16-9-11-18-20(14-16)21(15-31-25(30)26-3)17-7-6-8-19(24(17)18)22(28)5-2/h6-9,11,14,21H,4-5,10,12-13,15H2,1-3H3,(H,26,30)(H,27,29). The molecule has 3 rings (SSSR count). The highest BCUT2D eigenvalue weighted by atomic mass is 16.5. The van der Waals surface area contributed by atoms with Crippen molar-refractivity contribution in [1.29, 1.82) is 0 Å². The quantitative estimate of drug-likeness (QED) is 0.593. The van der Waals surface area contributed by atoms with Crippen LogP contribution in [0, 0.1) is 0 Å². The molecule has 0 saturated heterocycles. The van der Waals surface area contributed by atoms with Crippen molar-refractivity contribution in [2.75, 3.05) is 20.2 Å². The van der Waals surface area contributed by atoms with E-state index in [0.717, 1.165) is 34.2 Å². The van der Waals surface area contributed by atoms with E-state index in [4.69, 9.17) is 4.74 Å². The van der Waals surface area contributed by atoms with Gasteiger partial charge in [0.25, 0.3) is 0 Å². The molecule has 31 heavy (non-hydrogen) atoms. The molecule has 2 aromatic carbocycles. The van der Waals surface area contributed by atoms with Gasteiger partial charge < -0.3 is 15.4 Å². The van der Waals surface area contributed by atoms with E-state index in [0.29, 0.717) is 31.4 Å². The fourth-order valence-corrected chi connectivity index (χ4v) is 4.06. The molecule has 0 saturated carbocycles. The van der Waals surface area contributed by atoms with Gasteiger partial charge in [-0.1, -0.05) is 50.2 Å². The third kappa shape index (κ3) is 4.95. The number of fused-ring (bicyclic) bond motifs is 3. The molecular weight excluding hydrogens is 392 g/mol. The van der Waals surface area contributed by atoms with Crippen LogP contribution in [0.3, 0.4) is 0 Å². The fourth-order valence-electron chi connectivity index (χ4n) is 4.06. The van der Waals surface area contributed by atoms with Crippen molar-refractivity contribution < 1.29 is 19.1 Å². The summed E-state index contributed by atoms with van der Waals surface area (Å²) in [6, 6.07) is 11.9. The van der Waals surface area contributed by atoms with Crippen LogP contribution >= 0.6 is 0 Å². The first-order valence-electron chi connectivity index (χ1n) is 10.9. The van der Waals surface area contributed by atoms with E-state index in [-0.39, 0.29) is 24.2 Å². The number of alkyl carbamates (subject to hydrolysis) is 1. The molecular formula is C25H30N2O4. The Bertz CT molecular complexity index is 983. The second kappa shape index (κ2) is 10.2. The maximum Gasteiger partial charge on any atom is 0.406 e. The summed E-state index contributed by atoms with van der Waals surface area (Å²) in [6.07, 6.45) is 1.90. The first-order chi connectivity index (χ1) is 15.0. The number of ketones is 1. The lowest BCUT2D eigenvalue weighted by Crippen LogP contribution is -2.24. The van der Waals surface area contributed by atoms with E-state index in [1.54, 1.807) is 0 Å². The highest BCUT2D eigenvalue weighted by Gasteiger charge is 2.32. The number of carbonyl (C=O) groups is 3. The average Bonchev–Trinajstić information content (AvgIpc) is 3.12. The lowest BCUT2D eigenvalue weighted by Gasteiger charge is -2.15. The molecule has 0 heterocycles. The molecule has 164 valence electrons. The lowest BCUT2D eigenvalue weighted by atomic mass is 9.94. The zero-order valence-corrected chi connectivity index (χ0v) is 18.4. The van der Waals surface area contributed by atoms with E-state index in [1.165, 1.54) is 7.05 Å². The third-order valence-electron chi connectivity index (χ3n) is 5.65. The molecule has 1 unspecified atom stereocenters. The van der Waals surface area contributed by atoms with Gasteiger partial charge in [-0.15, -0.1) is 0 Å². The van der Waals surface area contributed by atoms with Crippen LogP contribution in [-0.2, 0) is 16.0 Å². The number of nitrogens with one attached hydrogen (secondary N) is 2. The molecule has 1 aliphatic carbocycles. The minimum Gasteiger partial charge on any atom is -0.449 e. The third-order valence-corrected chi connectivity index (χ3v) is 5.65. The Hall–Kier alpha value is -3.15. The van der Waals surface area contributed by atoms with Crippen LogP contribution in [0.15, 0.2) is 36.4 Å². The van der Waals surface area contributed by atoms with Gasteiger partial charge in [0.2, 0.25) is 5.91 Å². The van der Waals surface area contributed by atoms with Crippen molar-refractivity contribution in [2.45, 2.75) is 45.4 Å². The van der Waals surface area contributed by atoms with Crippen LogP contribution in [0.2, 0.25) is 0 Å². The van der Waals surface area contributed by atoms with E-state index in [2.05, 4.69) is 16.7 Å². The van der Waals surface area contributed by atoms with Gasteiger partial charge in [-0.3, -0.25) is 9.59 Å². The van der Waals surface area contributed by atoms with Gasteiger partial charge >= 0.3 is 6.09 Å². The van der Waals surface area contributed by atoms with E-state index in [9.17, 15) is 14.4 Å². The largest absolute Gasteiger partial charge is 0.449 e. The number of carbonyl (C=O) groups excluding carboxylic acids is 3. The van der Waals surface area contributed by atoms with Gasteiger partial charge in [0.1, 0.15) is 6.61 Å². The van der Waals surface area contributed by atoms with Crippen LogP contribution in [-0.4, -0.2) is 38.0 Å². The number of ether oxygens (including phenoxy) is 1. The molecule has 0 bridgehead atoms. The summed E-state index contributed by atoms with van der Waals surface area (Å²) in [5.41, 5.74) is 5.71. The molecule has 0 aromatic heterocycles. The van der Waals surface area contributed by atoms with Crippen molar-refractivity contribution >= 4 is 17.8 Å². The first kappa shape index (κ1) is 22.5. The topological polar surface area (TPSA) is 84.5 Å². The molecule has 0 spiro atoms. The summed E-state index contributed by atoms with van der Waals surface area (Å²) in [5, 5.41) is 5.38. The Morgan fingerprint density at radius 3 is 2.58 bits per heavy atom. The summed E-state index contributed by atoms with van der Waals surface area (Å²) in [4.78, 5) is 36.3. The summed E-state index contributed by atoms with van der Waals surface area (Å²) in [7, 11) is 1.53.